The number of aliphatic carboxylic acids is 2. The second kappa shape index (κ2) is 50.8. The maximum atomic E-state index is 15.6. The van der Waals surface area contributed by atoms with Crippen LogP contribution in [0.3, 0.4) is 0 Å². The van der Waals surface area contributed by atoms with Gasteiger partial charge in [-0.1, -0.05) is 181 Å². The number of H-pyrrole nitrogens is 1. The summed E-state index contributed by atoms with van der Waals surface area (Å²) in [4.78, 5) is 256. The second-order valence-electron chi connectivity index (χ2n) is 33.8. The Morgan fingerprint density at radius 1 is 0.451 bits per heavy atom. The number of primary amides is 1. The van der Waals surface area contributed by atoms with Gasteiger partial charge in [0.15, 0.2) is 0 Å². The molecule has 37 nitrogen and oxygen atoms in total. The molecule has 712 valence electrons. The standard InChI is InChI=1S/C95H120N16O21S/c1-10-11-31-75-90(127)101-67(40-41-81(117)118)85(122)104-71(49-82(119)120)89(126)107-83(56(4)5)95(132)110(8)76(46-58-25-17-13-18-26-58)91(128)105-72(45-61-34-38-64(113)39-35-61)92(129)108(6)52-79(115)99-70(48-62-50-97-66-30-22-21-29-65(62)66)88(125)103-69(43-60-32-36-63(112)37-33-60)87(124)102-68(42-55(2)3)86(123)106-74(84(121)98-51-78(96)114)53-133-54-80(116)100-73(44-57-23-15-12-16-24-57)93(130)111(9)77(94(131)109(75)7)47-59-27-19-14-20-28-59/h12-30,32-39,50,55-56,67-77,83,97,112-113H,10-11,31,40-49,51-54H2,1-9H3,(H2,96,114)(H,98,121)(H,99,115)(H,100,116)(H,101,127)(H,102,124)(H,103,125)(H,104,122)(H,105,128)(H,106,123)(H,107,126)(H,117,118)(H,119,120)/t67-,68+,69+,70+,71+,72+,73+,74+,75+,76+,77+,83+/m1/s1. The maximum absolute atomic E-state index is 15.6. The van der Waals surface area contributed by atoms with E-state index in [1.54, 1.807) is 142 Å². The van der Waals surface area contributed by atoms with Gasteiger partial charge in [0.2, 0.25) is 88.6 Å². The van der Waals surface area contributed by atoms with Crippen molar-refractivity contribution < 1.29 is 102 Å². The van der Waals surface area contributed by atoms with Crippen LogP contribution in [0, 0.1) is 11.8 Å². The molecule has 133 heavy (non-hydrogen) atoms. The number of aromatic amines is 1. The van der Waals surface area contributed by atoms with Crippen molar-refractivity contribution in [1.82, 2.24) is 77.8 Å². The van der Waals surface area contributed by atoms with Crippen LogP contribution in [0.4, 0.5) is 0 Å². The molecule has 1 aliphatic heterocycles. The van der Waals surface area contributed by atoms with Gasteiger partial charge in [0.05, 0.1) is 25.3 Å². The number of rotatable bonds is 26. The fraction of sp³-hybridized carbons (Fsp3) is 0.421. The third-order valence-electron chi connectivity index (χ3n) is 22.6. The van der Waals surface area contributed by atoms with Gasteiger partial charge < -0.3 is 104 Å². The van der Waals surface area contributed by atoms with Crippen LogP contribution in [-0.4, -0.2) is 271 Å². The summed E-state index contributed by atoms with van der Waals surface area (Å²) in [6.07, 6.45) is -2.07. The number of carbonyl (C=O) groups excluding carboxylic acids is 15. The molecule has 38 heteroatoms. The van der Waals surface area contributed by atoms with Gasteiger partial charge in [-0.2, -0.15) is 0 Å². The van der Waals surface area contributed by atoms with Gasteiger partial charge >= 0.3 is 11.9 Å². The molecule has 1 saturated heterocycles. The van der Waals surface area contributed by atoms with Crippen LogP contribution in [0.1, 0.15) is 113 Å². The van der Waals surface area contributed by atoms with Crippen molar-refractivity contribution in [3.8, 4) is 11.5 Å². The first-order chi connectivity index (χ1) is 63.3. The molecule has 17 N–H and O–H groups in total. The van der Waals surface area contributed by atoms with Crippen LogP contribution in [0.2, 0.25) is 0 Å². The molecular formula is C95H120N16O21S. The number of phenols is 2. The van der Waals surface area contributed by atoms with Crippen molar-refractivity contribution in [3.05, 3.63) is 203 Å². The fourth-order valence-electron chi connectivity index (χ4n) is 15.3. The number of carboxylic acids is 2. The molecule has 1 aliphatic rings. The van der Waals surface area contributed by atoms with E-state index in [0.29, 0.717) is 50.7 Å². The van der Waals surface area contributed by atoms with Crippen LogP contribution in [-0.2, 0) is 120 Å². The number of likely N-dealkylation sites (N-methyl/N-ethyl adjacent to an activating group) is 4. The number of para-hydroxylation sites is 1. The zero-order valence-corrected chi connectivity index (χ0v) is 76.6. The normalized spacial score (nSPS) is 22.1. The number of fused-ring (bicyclic) bond motifs is 1. The number of phenolic OH excluding ortho intramolecular Hbond substituents is 2. The van der Waals surface area contributed by atoms with Crippen LogP contribution in [0.25, 0.3) is 10.9 Å². The first-order valence-electron chi connectivity index (χ1n) is 43.8. The van der Waals surface area contributed by atoms with Gasteiger partial charge in [-0.25, -0.2) is 0 Å². The number of nitrogens with one attached hydrogen (secondary N) is 11. The second-order valence-corrected chi connectivity index (χ2v) is 34.8. The summed E-state index contributed by atoms with van der Waals surface area (Å²) < 4.78 is 0. The van der Waals surface area contributed by atoms with Crippen molar-refractivity contribution in [2.24, 2.45) is 17.6 Å². The summed E-state index contributed by atoms with van der Waals surface area (Å²) >= 11 is 0.802. The Morgan fingerprint density at radius 2 is 0.902 bits per heavy atom. The Balaban J connectivity index is 1.23. The highest BCUT2D eigenvalue weighted by Gasteiger charge is 2.43. The van der Waals surface area contributed by atoms with E-state index in [2.05, 4.69) is 58.2 Å². The minimum absolute atomic E-state index is 0.101. The molecule has 0 saturated carbocycles. The third kappa shape index (κ3) is 32.1. The van der Waals surface area contributed by atoms with Crippen molar-refractivity contribution >= 4 is 123 Å². The van der Waals surface area contributed by atoms with Gasteiger partial charge in [-0.3, -0.25) is 81.5 Å². The van der Waals surface area contributed by atoms with E-state index < -0.39 is 223 Å². The lowest BCUT2D eigenvalue weighted by Gasteiger charge is -2.36. The number of nitrogens with two attached hydrogens (primary N) is 1. The molecule has 0 radical (unpaired) electrons. The number of amides is 15. The van der Waals surface area contributed by atoms with Crippen molar-refractivity contribution in [2.45, 2.75) is 191 Å². The molecule has 0 unspecified atom stereocenters. The molecule has 8 rings (SSSR count). The number of aromatic nitrogens is 1. The summed E-state index contributed by atoms with van der Waals surface area (Å²) in [5, 5.41) is 68.1. The van der Waals surface area contributed by atoms with Gasteiger partial charge in [0, 0.05) is 96.0 Å². The van der Waals surface area contributed by atoms with E-state index in [9.17, 15) is 63.6 Å². The van der Waals surface area contributed by atoms with Gasteiger partial charge in [0.1, 0.15) is 84.0 Å². The number of benzene rings is 6. The number of aromatic hydroxyl groups is 2. The Labute approximate surface area is 774 Å². The molecule has 7 aromatic rings. The SMILES string of the molecule is CCCC[C@H]1C(=O)N[C@H](CCC(=O)O)C(=O)N[C@@H](CC(=O)O)C(=O)N[C@@H](C(C)C)C(=O)N(C)[C@@H](Cc2ccccc2)C(=O)N[C@@H](Cc2ccc(O)cc2)C(=O)N(C)CC(=O)N[C@@H](Cc2c[nH]c3ccccc23)C(=O)N[C@@H](Cc2ccc(O)cc2)C(=O)N[C@@H](CC(C)C)C(=O)N[C@H](C(=O)NCC(N)=O)CSCC(=O)N[C@@H](Cc2ccccc2)C(=O)N(C)[C@@H](Cc2ccccc2)C(=O)N1C. The van der Waals surface area contributed by atoms with Gasteiger partial charge in [-0.15, -0.1) is 11.8 Å². The monoisotopic (exact) mass is 1850 g/mol. The van der Waals surface area contributed by atoms with Crippen molar-refractivity contribution in [2.75, 3.05) is 52.8 Å². The fourth-order valence-corrected chi connectivity index (χ4v) is 16.1. The number of carbonyl (C=O) groups is 17. The van der Waals surface area contributed by atoms with Gasteiger partial charge in [0.25, 0.3) is 0 Å². The summed E-state index contributed by atoms with van der Waals surface area (Å²) in [6, 6.07) is 24.0. The van der Waals surface area contributed by atoms with E-state index in [-0.39, 0.29) is 75.2 Å². The number of hydrogen-bond acceptors (Lipinski definition) is 20. The van der Waals surface area contributed by atoms with Crippen LogP contribution < -0.4 is 58.9 Å². The highest BCUT2D eigenvalue weighted by Crippen LogP contribution is 2.25. The Morgan fingerprint density at radius 3 is 1.45 bits per heavy atom. The maximum Gasteiger partial charge on any atom is 0.305 e. The minimum Gasteiger partial charge on any atom is -0.508 e. The van der Waals surface area contributed by atoms with Crippen molar-refractivity contribution in [1.29, 1.82) is 0 Å². The highest BCUT2D eigenvalue weighted by molar-refractivity contribution is 8.00. The average molecular weight is 1850 g/mol. The zero-order chi connectivity index (χ0) is 97.3. The predicted octanol–water partition coefficient (Wildman–Crippen LogP) is 2.22. The molecular weight excluding hydrogens is 1730 g/mol. The molecule has 1 aromatic heterocycles. The van der Waals surface area contributed by atoms with Crippen LogP contribution in [0.5, 0.6) is 11.5 Å². The quantitative estimate of drug-likeness (QED) is 0.0369. The largest absolute Gasteiger partial charge is 0.508 e. The van der Waals surface area contributed by atoms with E-state index in [0.717, 1.165) is 31.4 Å². The van der Waals surface area contributed by atoms with E-state index >= 15 is 38.4 Å². The Kier molecular flexibility index (Phi) is 39.8. The predicted molar refractivity (Wildman–Crippen MR) is 493 cm³/mol. The number of carboxylic acid groups (broad SMARTS) is 2. The number of unbranched alkanes of at least 4 members (excludes halogenated alkanes) is 1. The molecule has 0 spiro atoms. The lowest BCUT2D eigenvalue weighted by Crippen LogP contribution is -2.62. The molecule has 0 bridgehead atoms. The first-order valence-corrected chi connectivity index (χ1v) is 45.0. The highest BCUT2D eigenvalue weighted by atomic mass is 32.2. The Bertz CT molecular complexity index is 5220. The molecule has 1 fully saturated rings. The summed E-state index contributed by atoms with van der Waals surface area (Å²) in [5.74, 6) is -20.2. The smallest absolute Gasteiger partial charge is 0.305 e. The summed E-state index contributed by atoms with van der Waals surface area (Å²) in [7, 11) is 5.09. The lowest BCUT2D eigenvalue weighted by atomic mass is 9.98. The summed E-state index contributed by atoms with van der Waals surface area (Å²) in [5.41, 5.74) is 8.92. The molecule has 12 atom stereocenters. The zero-order valence-electron chi connectivity index (χ0n) is 75.8. The first kappa shape index (κ1) is 104. The molecule has 6 aromatic carbocycles. The van der Waals surface area contributed by atoms with E-state index in [1.807, 2.05) is 0 Å². The number of thioether (sulfide) groups is 1. The third-order valence-corrected chi connectivity index (χ3v) is 23.6. The van der Waals surface area contributed by atoms with E-state index in [1.165, 1.54) is 90.6 Å². The molecule has 0 aliphatic carbocycles. The Hall–Kier alpha value is -14.2. The van der Waals surface area contributed by atoms with Crippen LogP contribution >= 0.6 is 11.8 Å². The average Bonchev–Trinajstić information content (AvgIpc) is 1.79. The lowest BCUT2D eigenvalue weighted by molar-refractivity contribution is -0.149. The van der Waals surface area contributed by atoms with E-state index in [4.69, 9.17) is 5.73 Å². The number of nitrogens with zero attached hydrogens (tertiary/aromatic N) is 4. The number of hydrogen-bond donors (Lipinski definition) is 16. The minimum atomic E-state index is -2.08. The summed E-state index contributed by atoms with van der Waals surface area (Å²) in [6.45, 7) is 6.77. The molecule has 15 amide bonds. The van der Waals surface area contributed by atoms with Crippen LogP contribution in [0.15, 0.2) is 170 Å². The molecule has 2 heterocycles. The topological polar surface area (TPSA) is 546 Å². The van der Waals surface area contributed by atoms with Crippen molar-refractivity contribution in [3.63, 3.8) is 0 Å². The van der Waals surface area contributed by atoms with Gasteiger partial charge in [-0.05, 0) is 94.8 Å².